The molecule has 1 fully saturated rings. The molecule has 1 saturated carbocycles. The lowest BCUT2D eigenvalue weighted by atomic mass is 10.1. The highest BCUT2D eigenvalue weighted by atomic mass is 16.3. The van der Waals surface area contributed by atoms with E-state index in [1.165, 1.54) is 17.4 Å². The van der Waals surface area contributed by atoms with E-state index in [1.54, 1.807) is 0 Å². The van der Waals surface area contributed by atoms with Crippen LogP contribution in [0.4, 0.5) is 0 Å². The minimum absolute atomic E-state index is 0.486. The van der Waals surface area contributed by atoms with Crippen molar-refractivity contribution in [3.8, 4) is 0 Å². The van der Waals surface area contributed by atoms with E-state index in [4.69, 9.17) is 4.42 Å². The van der Waals surface area contributed by atoms with Crippen LogP contribution in [-0.4, -0.2) is 6.04 Å². The molecule has 2 heteroatoms. The average molecular weight is 215 g/mol. The van der Waals surface area contributed by atoms with Crippen LogP contribution in [0.15, 0.2) is 34.9 Å². The molecule has 1 unspecified atom stereocenters. The highest BCUT2D eigenvalue weighted by Crippen LogP contribution is 2.44. The van der Waals surface area contributed by atoms with Gasteiger partial charge >= 0.3 is 0 Å². The zero-order valence-electron chi connectivity index (χ0n) is 9.79. The Morgan fingerprint density at radius 2 is 2.12 bits per heavy atom. The maximum absolute atomic E-state index is 5.51. The van der Waals surface area contributed by atoms with Crippen molar-refractivity contribution < 1.29 is 4.42 Å². The largest absolute Gasteiger partial charge is 0.464 e. The second-order valence-corrected chi connectivity index (χ2v) is 5.38. The van der Waals surface area contributed by atoms with Gasteiger partial charge in [-0.05, 0) is 17.9 Å². The number of rotatable bonds is 3. The van der Waals surface area contributed by atoms with Crippen molar-refractivity contribution in [2.24, 2.45) is 5.41 Å². The summed E-state index contributed by atoms with van der Waals surface area (Å²) >= 11 is 0. The molecule has 3 rings (SSSR count). The standard InChI is InChI=1S/C14H17NO/c1-14(2)7-13(14)15-8-10-9-16-12-6-4-3-5-11(10)12/h3-6,9,13,15H,7-8H2,1-2H3. The number of benzene rings is 1. The second-order valence-electron chi connectivity index (χ2n) is 5.38. The van der Waals surface area contributed by atoms with Crippen LogP contribution in [-0.2, 0) is 6.54 Å². The fourth-order valence-corrected chi connectivity index (χ4v) is 2.22. The third kappa shape index (κ3) is 1.63. The van der Waals surface area contributed by atoms with E-state index in [0.29, 0.717) is 11.5 Å². The first-order valence-electron chi connectivity index (χ1n) is 5.85. The summed E-state index contributed by atoms with van der Waals surface area (Å²) in [5.41, 5.74) is 2.73. The molecule has 84 valence electrons. The minimum Gasteiger partial charge on any atom is -0.464 e. The molecule has 2 nitrogen and oxygen atoms in total. The van der Waals surface area contributed by atoms with Gasteiger partial charge in [0.25, 0.3) is 0 Å². The maximum Gasteiger partial charge on any atom is 0.134 e. The fourth-order valence-electron chi connectivity index (χ4n) is 2.22. The smallest absolute Gasteiger partial charge is 0.134 e. The molecule has 1 aliphatic carbocycles. The summed E-state index contributed by atoms with van der Waals surface area (Å²) in [6.07, 6.45) is 3.15. The Kier molecular flexibility index (Phi) is 2.08. The van der Waals surface area contributed by atoms with Crippen molar-refractivity contribution in [3.05, 3.63) is 36.1 Å². The molecule has 0 aliphatic heterocycles. The summed E-state index contributed by atoms with van der Waals surface area (Å²) in [5.74, 6) is 0. The molecule has 1 aliphatic rings. The molecule has 1 atom stereocenters. The van der Waals surface area contributed by atoms with Gasteiger partial charge in [0.1, 0.15) is 5.58 Å². The number of hydrogen-bond acceptors (Lipinski definition) is 2. The normalized spacial score (nSPS) is 22.5. The highest BCUT2D eigenvalue weighted by molar-refractivity contribution is 5.80. The topological polar surface area (TPSA) is 25.2 Å². The Balaban J connectivity index is 1.75. The van der Waals surface area contributed by atoms with E-state index in [0.717, 1.165) is 12.1 Å². The van der Waals surface area contributed by atoms with Gasteiger partial charge in [-0.3, -0.25) is 0 Å². The first-order valence-corrected chi connectivity index (χ1v) is 5.85. The molecular weight excluding hydrogens is 198 g/mol. The van der Waals surface area contributed by atoms with Gasteiger partial charge < -0.3 is 9.73 Å². The summed E-state index contributed by atoms with van der Waals surface area (Å²) < 4.78 is 5.51. The van der Waals surface area contributed by atoms with Crippen LogP contribution in [0.2, 0.25) is 0 Å². The first-order chi connectivity index (χ1) is 7.67. The zero-order valence-corrected chi connectivity index (χ0v) is 9.79. The molecule has 1 aromatic heterocycles. The van der Waals surface area contributed by atoms with Crippen molar-refractivity contribution in [2.45, 2.75) is 32.9 Å². The van der Waals surface area contributed by atoms with Gasteiger partial charge in [0, 0.05) is 23.5 Å². The first kappa shape index (κ1) is 9.91. The number of hydrogen-bond donors (Lipinski definition) is 1. The summed E-state index contributed by atoms with van der Waals surface area (Å²) in [5, 5.41) is 4.81. The number of para-hydroxylation sites is 1. The third-order valence-electron chi connectivity index (χ3n) is 3.61. The van der Waals surface area contributed by atoms with Crippen LogP contribution >= 0.6 is 0 Å². The Bertz CT molecular complexity index is 512. The Morgan fingerprint density at radius 1 is 1.38 bits per heavy atom. The van der Waals surface area contributed by atoms with E-state index in [9.17, 15) is 0 Å². The van der Waals surface area contributed by atoms with Crippen LogP contribution in [0.5, 0.6) is 0 Å². The molecule has 1 aromatic carbocycles. The molecule has 0 amide bonds. The van der Waals surface area contributed by atoms with Gasteiger partial charge in [-0.2, -0.15) is 0 Å². The van der Waals surface area contributed by atoms with Crippen LogP contribution in [0, 0.1) is 5.41 Å². The molecule has 0 saturated heterocycles. The second kappa shape index (κ2) is 3.36. The van der Waals surface area contributed by atoms with Gasteiger partial charge in [0.05, 0.1) is 6.26 Å². The Hall–Kier alpha value is -1.28. The molecule has 2 aromatic rings. The van der Waals surface area contributed by atoms with Crippen LogP contribution in [0.25, 0.3) is 11.0 Å². The Labute approximate surface area is 95.6 Å². The monoisotopic (exact) mass is 215 g/mol. The van der Waals surface area contributed by atoms with E-state index in [-0.39, 0.29) is 0 Å². The van der Waals surface area contributed by atoms with E-state index < -0.39 is 0 Å². The lowest BCUT2D eigenvalue weighted by Gasteiger charge is -2.04. The van der Waals surface area contributed by atoms with Crippen molar-refractivity contribution in [1.29, 1.82) is 0 Å². The van der Waals surface area contributed by atoms with Crippen molar-refractivity contribution in [3.63, 3.8) is 0 Å². The molecule has 16 heavy (non-hydrogen) atoms. The lowest BCUT2D eigenvalue weighted by molar-refractivity contribution is 0.538. The van der Waals surface area contributed by atoms with Crippen LogP contribution < -0.4 is 5.32 Å². The van der Waals surface area contributed by atoms with Gasteiger partial charge in [0.2, 0.25) is 0 Å². The molecule has 0 radical (unpaired) electrons. The van der Waals surface area contributed by atoms with E-state index >= 15 is 0 Å². The van der Waals surface area contributed by atoms with Gasteiger partial charge in [-0.25, -0.2) is 0 Å². The highest BCUT2D eigenvalue weighted by Gasteiger charge is 2.45. The molecule has 0 bridgehead atoms. The van der Waals surface area contributed by atoms with Crippen LogP contribution in [0.1, 0.15) is 25.8 Å². The van der Waals surface area contributed by atoms with Gasteiger partial charge in [-0.1, -0.05) is 32.0 Å². The summed E-state index contributed by atoms with van der Waals surface area (Å²) in [6, 6.07) is 8.87. The molecule has 1 heterocycles. The van der Waals surface area contributed by atoms with E-state index in [1.807, 2.05) is 18.4 Å². The van der Waals surface area contributed by atoms with Crippen LogP contribution in [0.3, 0.4) is 0 Å². The quantitative estimate of drug-likeness (QED) is 0.849. The van der Waals surface area contributed by atoms with Crippen molar-refractivity contribution in [2.75, 3.05) is 0 Å². The van der Waals surface area contributed by atoms with Gasteiger partial charge in [0.15, 0.2) is 0 Å². The molecule has 0 spiro atoms. The van der Waals surface area contributed by atoms with E-state index in [2.05, 4.69) is 31.3 Å². The third-order valence-corrected chi connectivity index (χ3v) is 3.61. The van der Waals surface area contributed by atoms with Gasteiger partial charge in [-0.15, -0.1) is 0 Å². The minimum atomic E-state index is 0.486. The lowest BCUT2D eigenvalue weighted by Crippen LogP contribution is -2.19. The SMILES string of the molecule is CC1(C)CC1NCc1coc2ccccc12. The number of furan rings is 1. The molecule has 1 N–H and O–H groups in total. The Morgan fingerprint density at radius 3 is 2.88 bits per heavy atom. The summed E-state index contributed by atoms with van der Waals surface area (Å²) in [4.78, 5) is 0. The average Bonchev–Trinajstić information content (AvgIpc) is 2.73. The summed E-state index contributed by atoms with van der Waals surface area (Å²) in [7, 11) is 0. The van der Waals surface area contributed by atoms with Crippen molar-refractivity contribution in [1.82, 2.24) is 5.32 Å². The fraction of sp³-hybridized carbons (Fsp3) is 0.429. The van der Waals surface area contributed by atoms with Crippen molar-refractivity contribution >= 4 is 11.0 Å². The predicted octanol–water partition coefficient (Wildman–Crippen LogP) is 3.32. The summed E-state index contributed by atoms with van der Waals surface area (Å²) in [6.45, 7) is 5.52. The number of fused-ring (bicyclic) bond motifs is 1. The molecular formula is C14H17NO. The predicted molar refractivity (Wildman–Crippen MR) is 65.2 cm³/mol. The maximum atomic E-state index is 5.51. The zero-order chi connectivity index (χ0) is 11.2. The number of nitrogens with one attached hydrogen (secondary N) is 1.